The highest BCUT2D eigenvalue weighted by Gasteiger charge is 2.18. The summed E-state index contributed by atoms with van der Waals surface area (Å²) in [7, 11) is 0. The fourth-order valence-electron chi connectivity index (χ4n) is 2.83. The molecule has 1 atom stereocenters. The van der Waals surface area contributed by atoms with Gasteiger partial charge >= 0.3 is 0 Å². The van der Waals surface area contributed by atoms with Gasteiger partial charge in [-0.05, 0) is 76.7 Å². The summed E-state index contributed by atoms with van der Waals surface area (Å²) in [4.78, 5) is 2.69. The lowest BCUT2D eigenvalue weighted by atomic mass is 9.89. The standard InChI is InChI=1S/C15H32N2/c1-4-16-10-5-6-11-17-12-7-8-15(9-13-17)14(2)3/h14-16H,4-13H2,1-3H3. The van der Waals surface area contributed by atoms with Crippen LogP contribution in [0.3, 0.4) is 0 Å². The van der Waals surface area contributed by atoms with Crippen LogP contribution in [0.2, 0.25) is 0 Å². The minimum atomic E-state index is 0.878. The Morgan fingerprint density at radius 1 is 1.18 bits per heavy atom. The van der Waals surface area contributed by atoms with E-state index < -0.39 is 0 Å². The van der Waals surface area contributed by atoms with Crippen LogP contribution < -0.4 is 5.32 Å². The van der Waals surface area contributed by atoms with E-state index in [1.54, 1.807) is 0 Å². The van der Waals surface area contributed by atoms with Crippen molar-refractivity contribution >= 4 is 0 Å². The molecule has 1 heterocycles. The maximum Gasteiger partial charge on any atom is -0.00160 e. The SMILES string of the molecule is CCNCCCCN1CCCC(C(C)C)CC1. The van der Waals surface area contributed by atoms with E-state index in [2.05, 4.69) is 31.0 Å². The van der Waals surface area contributed by atoms with Gasteiger partial charge in [0.05, 0.1) is 0 Å². The van der Waals surface area contributed by atoms with Gasteiger partial charge in [0.25, 0.3) is 0 Å². The summed E-state index contributed by atoms with van der Waals surface area (Å²) in [6, 6.07) is 0. The molecule has 0 amide bonds. The van der Waals surface area contributed by atoms with Crippen molar-refractivity contribution in [3.8, 4) is 0 Å². The van der Waals surface area contributed by atoms with Crippen LogP contribution in [-0.4, -0.2) is 37.6 Å². The number of hydrogen-bond acceptors (Lipinski definition) is 2. The van der Waals surface area contributed by atoms with Crippen molar-refractivity contribution in [1.29, 1.82) is 0 Å². The number of rotatable bonds is 7. The van der Waals surface area contributed by atoms with Crippen LogP contribution in [0.4, 0.5) is 0 Å². The molecule has 1 rings (SSSR count). The van der Waals surface area contributed by atoms with Gasteiger partial charge in [0.2, 0.25) is 0 Å². The largest absolute Gasteiger partial charge is 0.317 e. The highest BCUT2D eigenvalue weighted by Crippen LogP contribution is 2.24. The number of unbranched alkanes of at least 4 members (excludes halogenated alkanes) is 1. The van der Waals surface area contributed by atoms with Gasteiger partial charge in [-0.15, -0.1) is 0 Å². The van der Waals surface area contributed by atoms with E-state index >= 15 is 0 Å². The first-order chi connectivity index (χ1) is 8.24. The molecule has 1 saturated heterocycles. The van der Waals surface area contributed by atoms with Gasteiger partial charge in [-0.25, -0.2) is 0 Å². The zero-order valence-electron chi connectivity index (χ0n) is 12.2. The third kappa shape index (κ3) is 6.42. The van der Waals surface area contributed by atoms with Gasteiger partial charge in [0.1, 0.15) is 0 Å². The molecule has 0 aliphatic carbocycles. The average molecular weight is 240 g/mol. The Morgan fingerprint density at radius 2 is 2.00 bits per heavy atom. The third-order valence-corrected chi connectivity index (χ3v) is 4.14. The Morgan fingerprint density at radius 3 is 2.71 bits per heavy atom. The number of hydrogen-bond donors (Lipinski definition) is 1. The van der Waals surface area contributed by atoms with E-state index in [-0.39, 0.29) is 0 Å². The van der Waals surface area contributed by atoms with Crippen LogP contribution in [0.15, 0.2) is 0 Å². The molecule has 1 fully saturated rings. The Bertz CT molecular complexity index is 180. The smallest absolute Gasteiger partial charge is 0.00160 e. The Hall–Kier alpha value is -0.0800. The number of nitrogens with one attached hydrogen (secondary N) is 1. The van der Waals surface area contributed by atoms with Gasteiger partial charge in [-0.1, -0.05) is 20.8 Å². The first-order valence-corrected chi connectivity index (χ1v) is 7.67. The van der Waals surface area contributed by atoms with Crippen molar-refractivity contribution in [2.75, 3.05) is 32.7 Å². The first-order valence-electron chi connectivity index (χ1n) is 7.67. The molecule has 0 aromatic rings. The van der Waals surface area contributed by atoms with E-state index in [0.717, 1.165) is 18.4 Å². The molecule has 17 heavy (non-hydrogen) atoms. The Balaban J connectivity index is 2.09. The van der Waals surface area contributed by atoms with Crippen LogP contribution in [0.5, 0.6) is 0 Å². The predicted molar refractivity (Wildman–Crippen MR) is 76.4 cm³/mol. The molecule has 0 bridgehead atoms. The lowest BCUT2D eigenvalue weighted by molar-refractivity contribution is 0.267. The van der Waals surface area contributed by atoms with Crippen molar-refractivity contribution in [2.24, 2.45) is 11.8 Å². The number of nitrogens with zero attached hydrogens (tertiary/aromatic N) is 1. The lowest BCUT2D eigenvalue weighted by Gasteiger charge is -2.21. The summed E-state index contributed by atoms with van der Waals surface area (Å²) >= 11 is 0. The van der Waals surface area contributed by atoms with E-state index in [4.69, 9.17) is 0 Å². The van der Waals surface area contributed by atoms with Gasteiger partial charge < -0.3 is 10.2 Å². The zero-order valence-corrected chi connectivity index (χ0v) is 12.2. The molecule has 1 N–H and O–H groups in total. The zero-order chi connectivity index (χ0) is 12.5. The van der Waals surface area contributed by atoms with Crippen molar-refractivity contribution in [3.05, 3.63) is 0 Å². The van der Waals surface area contributed by atoms with Gasteiger partial charge in [0, 0.05) is 0 Å². The fraction of sp³-hybridized carbons (Fsp3) is 1.00. The van der Waals surface area contributed by atoms with E-state index in [1.165, 1.54) is 58.3 Å². The number of likely N-dealkylation sites (tertiary alicyclic amines) is 1. The third-order valence-electron chi connectivity index (χ3n) is 4.14. The molecule has 0 aromatic carbocycles. The normalized spacial score (nSPS) is 22.9. The second kappa shape index (κ2) is 8.93. The Kier molecular flexibility index (Phi) is 7.87. The fourth-order valence-corrected chi connectivity index (χ4v) is 2.83. The Labute approximate surface area is 108 Å². The molecule has 0 radical (unpaired) electrons. The van der Waals surface area contributed by atoms with Crippen molar-refractivity contribution in [1.82, 2.24) is 10.2 Å². The molecule has 2 nitrogen and oxygen atoms in total. The second-order valence-corrected chi connectivity index (χ2v) is 5.84. The van der Waals surface area contributed by atoms with E-state index in [1.807, 2.05) is 0 Å². The minimum absolute atomic E-state index is 0.878. The monoisotopic (exact) mass is 240 g/mol. The molecule has 0 saturated carbocycles. The van der Waals surface area contributed by atoms with Gasteiger partial charge in [-0.2, -0.15) is 0 Å². The van der Waals surface area contributed by atoms with Gasteiger partial charge in [0.15, 0.2) is 0 Å². The summed E-state index contributed by atoms with van der Waals surface area (Å²) in [5.41, 5.74) is 0. The van der Waals surface area contributed by atoms with Crippen LogP contribution in [0, 0.1) is 11.8 Å². The maximum absolute atomic E-state index is 3.40. The predicted octanol–water partition coefficient (Wildman–Crippen LogP) is 3.13. The van der Waals surface area contributed by atoms with Crippen LogP contribution >= 0.6 is 0 Å². The molecule has 0 spiro atoms. The second-order valence-electron chi connectivity index (χ2n) is 5.84. The molecule has 1 aliphatic heterocycles. The maximum atomic E-state index is 3.40. The highest BCUT2D eigenvalue weighted by molar-refractivity contribution is 4.72. The minimum Gasteiger partial charge on any atom is -0.317 e. The average Bonchev–Trinajstić information content (AvgIpc) is 2.54. The first kappa shape index (κ1) is 15.0. The molecule has 1 unspecified atom stereocenters. The van der Waals surface area contributed by atoms with Gasteiger partial charge in [-0.3, -0.25) is 0 Å². The topological polar surface area (TPSA) is 15.3 Å². The quantitative estimate of drug-likeness (QED) is 0.688. The van der Waals surface area contributed by atoms with Crippen LogP contribution in [0.1, 0.15) is 52.9 Å². The molecule has 2 heteroatoms. The summed E-state index contributed by atoms with van der Waals surface area (Å²) < 4.78 is 0. The van der Waals surface area contributed by atoms with E-state index in [9.17, 15) is 0 Å². The lowest BCUT2D eigenvalue weighted by Crippen LogP contribution is -2.27. The van der Waals surface area contributed by atoms with Crippen LogP contribution in [-0.2, 0) is 0 Å². The molecular weight excluding hydrogens is 208 g/mol. The van der Waals surface area contributed by atoms with E-state index in [0.29, 0.717) is 0 Å². The summed E-state index contributed by atoms with van der Waals surface area (Å²) in [5.74, 6) is 1.85. The summed E-state index contributed by atoms with van der Waals surface area (Å²) in [5, 5.41) is 3.40. The van der Waals surface area contributed by atoms with Crippen molar-refractivity contribution < 1.29 is 0 Å². The molecule has 1 aliphatic rings. The summed E-state index contributed by atoms with van der Waals surface area (Å²) in [6.07, 6.45) is 6.98. The summed E-state index contributed by atoms with van der Waals surface area (Å²) in [6.45, 7) is 13.2. The van der Waals surface area contributed by atoms with Crippen molar-refractivity contribution in [2.45, 2.75) is 52.9 Å². The van der Waals surface area contributed by atoms with Crippen LogP contribution in [0.25, 0.3) is 0 Å². The van der Waals surface area contributed by atoms with Crippen molar-refractivity contribution in [3.63, 3.8) is 0 Å². The highest BCUT2D eigenvalue weighted by atomic mass is 15.1. The molecular formula is C15H32N2. The molecule has 0 aromatic heterocycles. The molecule has 102 valence electrons.